The van der Waals surface area contributed by atoms with E-state index in [1.54, 1.807) is 0 Å². The van der Waals surface area contributed by atoms with Gasteiger partial charge >= 0.3 is 0 Å². The van der Waals surface area contributed by atoms with Crippen LogP contribution in [0.4, 0.5) is 0 Å². The van der Waals surface area contributed by atoms with E-state index in [0.717, 1.165) is 19.4 Å². The Kier molecular flexibility index (Phi) is 7.53. The van der Waals surface area contributed by atoms with E-state index in [-0.39, 0.29) is 17.4 Å². The van der Waals surface area contributed by atoms with Crippen LogP contribution in [0.3, 0.4) is 0 Å². The minimum Gasteiger partial charge on any atom is -0.340 e. The number of rotatable bonds is 8. The van der Waals surface area contributed by atoms with Crippen molar-refractivity contribution >= 4 is 5.91 Å². The third-order valence-corrected chi connectivity index (χ3v) is 3.34. The zero-order chi connectivity index (χ0) is 14.3. The molecule has 0 atom stereocenters. The van der Waals surface area contributed by atoms with E-state index in [0.29, 0.717) is 18.9 Å². The van der Waals surface area contributed by atoms with Crippen LogP contribution in [0.25, 0.3) is 0 Å². The van der Waals surface area contributed by atoms with Crippen LogP contribution in [0.2, 0.25) is 0 Å². The summed E-state index contributed by atoms with van der Waals surface area (Å²) in [6.07, 6.45) is 2.54. The number of nitrogens with two attached hydrogens (primary N) is 1. The minimum atomic E-state index is 0.172. The van der Waals surface area contributed by atoms with Crippen molar-refractivity contribution in [3.05, 3.63) is 0 Å². The summed E-state index contributed by atoms with van der Waals surface area (Å²) in [6.45, 7) is 14.4. The molecule has 108 valence electrons. The van der Waals surface area contributed by atoms with E-state index in [1.165, 1.54) is 0 Å². The Morgan fingerprint density at radius 3 is 2.11 bits per heavy atom. The SMILES string of the molecule is CC(C)CN(C(=O)CCC(C)(C)CCN)C(C)C. The Hall–Kier alpha value is -0.570. The molecular formula is C15H32N2O. The highest BCUT2D eigenvalue weighted by Crippen LogP contribution is 2.26. The molecule has 0 aromatic rings. The molecule has 3 nitrogen and oxygen atoms in total. The summed E-state index contributed by atoms with van der Waals surface area (Å²) in [5.74, 6) is 0.803. The molecule has 0 rings (SSSR count). The number of hydrogen-bond acceptors (Lipinski definition) is 2. The van der Waals surface area contributed by atoms with Crippen molar-refractivity contribution in [2.75, 3.05) is 13.1 Å². The van der Waals surface area contributed by atoms with Gasteiger partial charge in [0.25, 0.3) is 0 Å². The highest BCUT2D eigenvalue weighted by atomic mass is 16.2. The average molecular weight is 256 g/mol. The van der Waals surface area contributed by atoms with Crippen molar-refractivity contribution in [1.82, 2.24) is 4.90 Å². The van der Waals surface area contributed by atoms with Crippen LogP contribution in [-0.4, -0.2) is 29.9 Å². The van der Waals surface area contributed by atoms with Gasteiger partial charge in [-0.15, -0.1) is 0 Å². The van der Waals surface area contributed by atoms with Gasteiger partial charge in [-0.3, -0.25) is 4.79 Å². The van der Waals surface area contributed by atoms with Gasteiger partial charge in [0.1, 0.15) is 0 Å². The lowest BCUT2D eigenvalue weighted by Crippen LogP contribution is -2.39. The van der Waals surface area contributed by atoms with E-state index in [2.05, 4.69) is 41.5 Å². The van der Waals surface area contributed by atoms with Gasteiger partial charge in [0.15, 0.2) is 0 Å². The monoisotopic (exact) mass is 256 g/mol. The lowest BCUT2D eigenvalue weighted by molar-refractivity contribution is -0.134. The fourth-order valence-electron chi connectivity index (χ4n) is 2.10. The van der Waals surface area contributed by atoms with Crippen molar-refractivity contribution in [3.8, 4) is 0 Å². The predicted molar refractivity (Wildman–Crippen MR) is 78.4 cm³/mol. The normalized spacial score (nSPS) is 12.3. The van der Waals surface area contributed by atoms with E-state index in [4.69, 9.17) is 5.73 Å². The van der Waals surface area contributed by atoms with Crippen molar-refractivity contribution in [3.63, 3.8) is 0 Å². The Morgan fingerprint density at radius 2 is 1.72 bits per heavy atom. The Labute approximate surface area is 113 Å². The Bertz CT molecular complexity index is 247. The molecule has 0 saturated heterocycles. The molecule has 0 aliphatic rings. The summed E-state index contributed by atoms with van der Waals surface area (Å²) in [6, 6.07) is 0.289. The number of amides is 1. The molecular weight excluding hydrogens is 224 g/mol. The molecule has 0 bridgehead atoms. The maximum atomic E-state index is 12.3. The van der Waals surface area contributed by atoms with Gasteiger partial charge in [-0.2, -0.15) is 0 Å². The van der Waals surface area contributed by atoms with Crippen LogP contribution in [0, 0.1) is 11.3 Å². The third-order valence-electron chi connectivity index (χ3n) is 3.34. The number of carbonyl (C=O) groups is 1. The van der Waals surface area contributed by atoms with Crippen LogP contribution in [0.1, 0.15) is 60.8 Å². The first-order valence-electron chi connectivity index (χ1n) is 7.19. The predicted octanol–water partition coefficient (Wildman–Crippen LogP) is 3.03. The van der Waals surface area contributed by atoms with Crippen LogP contribution in [-0.2, 0) is 4.79 Å². The highest BCUT2D eigenvalue weighted by molar-refractivity contribution is 5.76. The zero-order valence-corrected chi connectivity index (χ0v) is 13.1. The number of nitrogens with zero attached hydrogens (tertiary/aromatic N) is 1. The third kappa shape index (κ3) is 7.00. The van der Waals surface area contributed by atoms with Crippen molar-refractivity contribution in [2.24, 2.45) is 17.1 Å². The smallest absolute Gasteiger partial charge is 0.222 e. The van der Waals surface area contributed by atoms with Crippen LogP contribution >= 0.6 is 0 Å². The van der Waals surface area contributed by atoms with Gasteiger partial charge in [0.05, 0.1) is 0 Å². The maximum Gasteiger partial charge on any atom is 0.222 e. The van der Waals surface area contributed by atoms with Crippen LogP contribution < -0.4 is 5.73 Å². The standard InChI is InChI=1S/C15H32N2O/c1-12(2)11-17(13(3)4)14(18)7-8-15(5,6)9-10-16/h12-13H,7-11,16H2,1-6H3. The first kappa shape index (κ1) is 17.4. The van der Waals surface area contributed by atoms with Gasteiger partial charge in [0, 0.05) is 19.0 Å². The summed E-state index contributed by atoms with van der Waals surface area (Å²) < 4.78 is 0. The summed E-state index contributed by atoms with van der Waals surface area (Å²) >= 11 is 0. The van der Waals surface area contributed by atoms with Crippen molar-refractivity contribution in [1.29, 1.82) is 0 Å². The second kappa shape index (κ2) is 7.78. The highest BCUT2D eigenvalue weighted by Gasteiger charge is 2.22. The van der Waals surface area contributed by atoms with Crippen molar-refractivity contribution in [2.45, 2.75) is 66.8 Å². The summed E-state index contributed by atoms with van der Waals surface area (Å²) in [4.78, 5) is 14.3. The second-order valence-electron chi connectivity index (χ2n) is 6.74. The average Bonchev–Trinajstić information content (AvgIpc) is 2.22. The summed E-state index contributed by atoms with van der Waals surface area (Å²) in [7, 11) is 0. The summed E-state index contributed by atoms with van der Waals surface area (Å²) in [5, 5.41) is 0. The molecule has 0 heterocycles. The summed E-state index contributed by atoms with van der Waals surface area (Å²) in [5.41, 5.74) is 5.77. The molecule has 3 heteroatoms. The molecule has 0 spiro atoms. The Morgan fingerprint density at radius 1 is 1.17 bits per heavy atom. The quantitative estimate of drug-likeness (QED) is 0.725. The van der Waals surface area contributed by atoms with Crippen LogP contribution in [0.5, 0.6) is 0 Å². The molecule has 0 aromatic carbocycles. The molecule has 0 aliphatic heterocycles. The Balaban J connectivity index is 4.35. The van der Waals surface area contributed by atoms with Gasteiger partial charge in [-0.1, -0.05) is 27.7 Å². The van der Waals surface area contributed by atoms with E-state index in [1.807, 2.05) is 4.90 Å². The van der Waals surface area contributed by atoms with E-state index in [9.17, 15) is 4.79 Å². The molecule has 0 fully saturated rings. The maximum absolute atomic E-state index is 12.3. The molecule has 1 amide bonds. The first-order chi connectivity index (χ1) is 8.19. The van der Waals surface area contributed by atoms with Gasteiger partial charge in [-0.05, 0) is 44.6 Å². The van der Waals surface area contributed by atoms with Crippen LogP contribution in [0.15, 0.2) is 0 Å². The lowest BCUT2D eigenvalue weighted by Gasteiger charge is -2.30. The van der Waals surface area contributed by atoms with Gasteiger partial charge in [0.2, 0.25) is 5.91 Å². The fraction of sp³-hybridized carbons (Fsp3) is 0.933. The van der Waals surface area contributed by atoms with E-state index < -0.39 is 0 Å². The van der Waals surface area contributed by atoms with Gasteiger partial charge in [-0.25, -0.2) is 0 Å². The molecule has 0 aliphatic carbocycles. The molecule has 0 radical (unpaired) electrons. The second-order valence-corrected chi connectivity index (χ2v) is 6.74. The van der Waals surface area contributed by atoms with E-state index >= 15 is 0 Å². The largest absolute Gasteiger partial charge is 0.340 e. The lowest BCUT2D eigenvalue weighted by atomic mass is 9.84. The number of carbonyl (C=O) groups excluding carboxylic acids is 1. The fourth-order valence-corrected chi connectivity index (χ4v) is 2.10. The van der Waals surface area contributed by atoms with Crippen molar-refractivity contribution < 1.29 is 4.79 Å². The molecule has 0 aromatic heterocycles. The molecule has 0 saturated carbocycles. The molecule has 18 heavy (non-hydrogen) atoms. The molecule has 0 unspecified atom stereocenters. The number of hydrogen-bond donors (Lipinski definition) is 1. The zero-order valence-electron chi connectivity index (χ0n) is 13.1. The first-order valence-corrected chi connectivity index (χ1v) is 7.19. The van der Waals surface area contributed by atoms with Gasteiger partial charge < -0.3 is 10.6 Å². The molecule has 2 N–H and O–H groups in total. The minimum absolute atomic E-state index is 0.172. The topological polar surface area (TPSA) is 46.3 Å².